The third-order valence-electron chi connectivity index (χ3n) is 3.04. The number of carbonyl (C=O) groups excluding carboxylic acids is 1. The zero-order chi connectivity index (χ0) is 9.90. The van der Waals surface area contributed by atoms with Crippen molar-refractivity contribution in [2.45, 2.75) is 46.5 Å². The number of hydrogen-bond acceptors (Lipinski definition) is 2. The Kier molecular flexibility index (Phi) is 3.34. The summed E-state index contributed by atoms with van der Waals surface area (Å²) in [4.78, 5) is 10.8. The monoisotopic (exact) mass is 184 g/mol. The molecule has 1 aliphatic heterocycles. The lowest BCUT2D eigenvalue weighted by atomic mass is 9.79. The van der Waals surface area contributed by atoms with Gasteiger partial charge in [0, 0.05) is 6.42 Å². The van der Waals surface area contributed by atoms with E-state index in [0.717, 1.165) is 6.42 Å². The molecule has 1 heterocycles. The van der Waals surface area contributed by atoms with Crippen molar-refractivity contribution in [2.24, 2.45) is 11.3 Å². The minimum Gasteiger partial charge on any atom is -0.465 e. The van der Waals surface area contributed by atoms with Crippen LogP contribution in [0.15, 0.2) is 0 Å². The predicted molar refractivity (Wildman–Crippen MR) is 52.4 cm³/mol. The van der Waals surface area contributed by atoms with Crippen LogP contribution in [0.2, 0.25) is 0 Å². The van der Waals surface area contributed by atoms with E-state index in [-0.39, 0.29) is 5.97 Å². The van der Waals surface area contributed by atoms with Gasteiger partial charge in [0.1, 0.15) is 0 Å². The van der Waals surface area contributed by atoms with Crippen LogP contribution in [0.5, 0.6) is 0 Å². The van der Waals surface area contributed by atoms with E-state index in [1.807, 2.05) is 0 Å². The highest BCUT2D eigenvalue weighted by Crippen LogP contribution is 2.32. The van der Waals surface area contributed by atoms with Gasteiger partial charge in [0.25, 0.3) is 0 Å². The molecule has 0 spiro atoms. The van der Waals surface area contributed by atoms with Crippen molar-refractivity contribution in [3.8, 4) is 0 Å². The highest BCUT2D eigenvalue weighted by Gasteiger charge is 2.26. The standard InChI is InChI=1S/C11H20O2/c1-4-11(2,3)7-9-5-6-10(12)13-8-9/h9H,4-8H2,1-3H3. The summed E-state index contributed by atoms with van der Waals surface area (Å²) in [6.45, 7) is 7.42. The first-order valence-electron chi connectivity index (χ1n) is 5.19. The molecule has 0 aromatic rings. The van der Waals surface area contributed by atoms with Crippen LogP contribution in [0.1, 0.15) is 46.5 Å². The predicted octanol–water partition coefficient (Wildman–Crippen LogP) is 2.77. The third kappa shape index (κ3) is 3.37. The fraction of sp³-hybridized carbons (Fsp3) is 0.909. The second-order valence-electron chi connectivity index (χ2n) is 4.81. The SMILES string of the molecule is CCC(C)(C)CC1CCC(=O)OC1. The molecule has 0 aromatic carbocycles. The Labute approximate surface area is 80.7 Å². The molecule has 2 heteroatoms. The van der Waals surface area contributed by atoms with Crippen molar-refractivity contribution in [2.75, 3.05) is 6.61 Å². The van der Waals surface area contributed by atoms with Crippen LogP contribution in [-0.4, -0.2) is 12.6 Å². The third-order valence-corrected chi connectivity index (χ3v) is 3.04. The van der Waals surface area contributed by atoms with E-state index in [9.17, 15) is 4.79 Å². The molecule has 1 rings (SSSR count). The summed E-state index contributed by atoms with van der Waals surface area (Å²) in [5.74, 6) is 0.568. The van der Waals surface area contributed by atoms with Gasteiger partial charge in [-0.2, -0.15) is 0 Å². The summed E-state index contributed by atoms with van der Waals surface area (Å²) >= 11 is 0. The van der Waals surface area contributed by atoms with Gasteiger partial charge < -0.3 is 4.74 Å². The van der Waals surface area contributed by atoms with Gasteiger partial charge in [0.05, 0.1) is 6.61 Å². The van der Waals surface area contributed by atoms with Crippen molar-refractivity contribution in [1.29, 1.82) is 0 Å². The number of esters is 1. The molecule has 1 fully saturated rings. The topological polar surface area (TPSA) is 26.3 Å². The van der Waals surface area contributed by atoms with Gasteiger partial charge in [-0.3, -0.25) is 4.79 Å². The number of carbonyl (C=O) groups is 1. The van der Waals surface area contributed by atoms with Crippen LogP contribution in [0.4, 0.5) is 0 Å². The fourth-order valence-corrected chi connectivity index (χ4v) is 1.78. The zero-order valence-corrected chi connectivity index (χ0v) is 8.93. The Morgan fingerprint density at radius 2 is 2.23 bits per heavy atom. The first kappa shape index (κ1) is 10.6. The summed E-state index contributed by atoms with van der Waals surface area (Å²) in [7, 11) is 0. The van der Waals surface area contributed by atoms with E-state index < -0.39 is 0 Å². The maximum atomic E-state index is 10.8. The van der Waals surface area contributed by atoms with Crippen LogP contribution in [0, 0.1) is 11.3 Å². The smallest absolute Gasteiger partial charge is 0.305 e. The highest BCUT2D eigenvalue weighted by atomic mass is 16.5. The zero-order valence-electron chi connectivity index (χ0n) is 8.93. The lowest BCUT2D eigenvalue weighted by Gasteiger charge is -2.30. The normalized spacial score (nSPS) is 24.2. The van der Waals surface area contributed by atoms with Gasteiger partial charge in [-0.1, -0.05) is 27.2 Å². The van der Waals surface area contributed by atoms with E-state index in [0.29, 0.717) is 24.4 Å². The van der Waals surface area contributed by atoms with Crippen LogP contribution in [0.3, 0.4) is 0 Å². The second kappa shape index (κ2) is 4.12. The number of cyclic esters (lactones) is 1. The van der Waals surface area contributed by atoms with Crippen molar-refractivity contribution in [3.05, 3.63) is 0 Å². The van der Waals surface area contributed by atoms with Crippen molar-refractivity contribution < 1.29 is 9.53 Å². The van der Waals surface area contributed by atoms with E-state index in [1.165, 1.54) is 12.8 Å². The maximum Gasteiger partial charge on any atom is 0.305 e. The molecule has 1 unspecified atom stereocenters. The molecule has 76 valence electrons. The molecule has 0 saturated carbocycles. The summed E-state index contributed by atoms with van der Waals surface area (Å²) in [6, 6.07) is 0. The van der Waals surface area contributed by atoms with E-state index in [1.54, 1.807) is 0 Å². The molecular formula is C11H20O2. The lowest BCUT2D eigenvalue weighted by Crippen LogP contribution is -2.26. The van der Waals surface area contributed by atoms with Crippen LogP contribution < -0.4 is 0 Å². The molecule has 2 nitrogen and oxygen atoms in total. The molecule has 13 heavy (non-hydrogen) atoms. The van der Waals surface area contributed by atoms with E-state index in [4.69, 9.17) is 4.74 Å². The quantitative estimate of drug-likeness (QED) is 0.630. The molecule has 1 saturated heterocycles. The molecule has 0 aliphatic carbocycles. The molecular weight excluding hydrogens is 164 g/mol. The Morgan fingerprint density at radius 3 is 2.69 bits per heavy atom. The van der Waals surface area contributed by atoms with Crippen LogP contribution in [-0.2, 0) is 9.53 Å². The molecule has 0 bridgehead atoms. The first-order valence-corrected chi connectivity index (χ1v) is 5.19. The van der Waals surface area contributed by atoms with Crippen molar-refractivity contribution in [1.82, 2.24) is 0 Å². The molecule has 1 atom stereocenters. The average Bonchev–Trinajstić information content (AvgIpc) is 2.09. The van der Waals surface area contributed by atoms with Gasteiger partial charge >= 0.3 is 5.97 Å². The van der Waals surface area contributed by atoms with Gasteiger partial charge in [0.15, 0.2) is 0 Å². The average molecular weight is 184 g/mol. The van der Waals surface area contributed by atoms with Crippen molar-refractivity contribution in [3.63, 3.8) is 0 Å². The van der Waals surface area contributed by atoms with Gasteiger partial charge in [-0.05, 0) is 24.2 Å². The molecule has 0 radical (unpaired) electrons. The molecule has 0 aromatic heterocycles. The van der Waals surface area contributed by atoms with E-state index >= 15 is 0 Å². The Hall–Kier alpha value is -0.530. The molecule has 0 amide bonds. The van der Waals surface area contributed by atoms with Crippen LogP contribution >= 0.6 is 0 Å². The molecule has 1 aliphatic rings. The second-order valence-corrected chi connectivity index (χ2v) is 4.81. The largest absolute Gasteiger partial charge is 0.465 e. The van der Waals surface area contributed by atoms with Gasteiger partial charge in [0.2, 0.25) is 0 Å². The Morgan fingerprint density at radius 1 is 1.54 bits per heavy atom. The summed E-state index contributed by atoms with van der Waals surface area (Å²) in [5.41, 5.74) is 0.397. The maximum absolute atomic E-state index is 10.8. The lowest BCUT2D eigenvalue weighted by molar-refractivity contribution is -0.150. The summed E-state index contributed by atoms with van der Waals surface area (Å²) in [6.07, 6.45) is 4.00. The van der Waals surface area contributed by atoms with Gasteiger partial charge in [-0.25, -0.2) is 0 Å². The number of ether oxygens (including phenoxy) is 1. The fourth-order valence-electron chi connectivity index (χ4n) is 1.78. The summed E-state index contributed by atoms with van der Waals surface area (Å²) in [5, 5.41) is 0. The number of rotatable bonds is 3. The van der Waals surface area contributed by atoms with E-state index in [2.05, 4.69) is 20.8 Å². The van der Waals surface area contributed by atoms with Gasteiger partial charge in [-0.15, -0.1) is 0 Å². The minimum atomic E-state index is -0.0226. The first-order chi connectivity index (χ1) is 6.03. The van der Waals surface area contributed by atoms with Crippen LogP contribution in [0.25, 0.3) is 0 Å². The Balaban J connectivity index is 2.34. The van der Waals surface area contributed by atoms with Crippen molar-refractivity contribution >= 4 is 5.97 Å². The Bertz CT molecular complexity index is 175. The minimum absolute atomic E-state index is 0.0226. The highest BCUT2D eigenvalue weighted by molar-refractivity contribution is 5.69. The number of hydrogen-bond donors (Lipinski definition) is 0. The summed E-state index contributed by atoms with van der Waals surface area (Å²) < 4.78 is 5.04. The molecule has 0 N–H and O–H groups in total.